The van der Waals surface area contributed by atoms with E-state index in [1.54, 1.807) is 13.0 Å². The van der Waals surface area contributed by atoms with Crippen molar-refractivity contribution in [1.82, 2.24) is 5.16 Å². The highest BCUT2D eigenvalue weighted by atomic mass is 16.5. The van der Waals surface area contributed by atoms with Crippen molar-refractivity contribution < 1.29 is 14.1 Å². The van der Waals surface area contributed by atoms with Crippen LogP contribution in [0.3, 0.4) is 0 Å². The molecule has 82 valence electrons. The zero-order chi connectivity index (χ0) is 11.3. The molecule has 0 fully saturated rings. The van der Waals surface area contributed by atoms with Gasteiger partial charge in [-0.25, -0.2) is 0 Å². The number of hydrogen-bond donors (Lipinski definition) is 0. The molecule has 0 radical (unpaired) electrons. The molecule has 0 bridgehead atoms. The maximum absolute atomic E-state index is 11.0. The third-order valence-corrected chi connectivity index (χ3v) is 1.96. The number of rotatable bonds is 4. The number of aryl methyl sites for hydroxylation is 2. The number of aromatic nitrogens is 1. The number of nitrogens with zero attached hydrogens (tertiary/aromatic N) is 1. The Morgan fingerprint density at radius 3 is 2.80 bits per heavy atom. The Bertz CT molecular complexity index is 346. The molecule has 1 aromatic rings. The van der Waals surface area contributed by atoms with Crippen molar-refractivity contribution in [2.45, 2.75) is 27.2 Å². The summed E-state index contributed by atoms with van der Waals surface area (Å²) in [4.78, 5) is 11.0. The zero-order valence-corrected chi connectivity index (χ0v) is 9.24. The van der Waals surface area contributed by atoms with Gasteiger partial charge in [0, 0.05) is 5.56 Å². The van der Waals surface area contributed by atoms with Crippen molar-refractivity contribution in [2.24, 2.45) is 0 Å². The molecular weight excluding hydrogens is 194 g/mol. The van der Waals surface area contributed by atoms with Crippen LogP contribution in [0.4, 0.5) is 0 Å². The van der Waals surface area contributed by atoms with Gasteiger partial charge in [-0.3, -0.25) is 4.79 Å². The largest absolute Gasteiger partial charge is 0.466 e. The van der Waals surface area contributed by atoms with E-state index in [1.807, 2.05) is 19.9 Å². The van der Waals surface area contributed by atoms with Crippen LogP contribution >= 0.6 is 0 Å². The van der Waals surface area contributed by atoms with Crippen LogP contribution in [0.15, 0.2) is 10.6 Å². The minimum Gasteiger partial charge on any atom is -0.466 e. The Hall–Kier alpha value is -1.58. The molecule has 0 aliphatic rings. The lowest BCUT2D eigenvalue weighted by Crippen LogP contribution is -2.01. The Morgan fingerprint density at radius 2 is 2.27 bits per heavy atom. The molecule has 4 heteroatoms. The van der Waals surface area contributed by atoms with Crippen LogP contribution in [0.2, 0.25) is 0 Å². The van der Waals surface area contributed by atoms with Crippen LogP contribution < -0.4 is 0 Å². The van der Waals surface area contributed by atoms with Crippen LogP contribution in [0.1, 0.15) is 30.4 Å². The van der Waals surface area contributed by atoms with Crippen molar-refractivity contribution in [2.75, 3.05) is 6.61 Å². The fourth-order valence-electron chi connectivity index (χ4n) is 1.22. The van der Waals surface area contributed by atoms with E-state index in [0.717, 1.165) is 17.0 Å². The van der Waals surface area contributed by atoms with Crippen molar-refractivity contribution >= 4 is 12.0 Å². The molecule has 15 heavy (non-hydrogen) atoms. The summed E-state index contributed by atoms with van der Waals surface area (Å²) in [5.41, 5.74) is 1.76. The van der Waals surface area contributed by atoms with Crippen LogP contribution in [0.25, 0.3) is 6.08 Å². The molecular formula is C11H15NO3. The summed E-state index contributed by atoms with van der Waals surface area (Å²) >= 11 is 0. The zero-order valence-electron chi connectivity index (χ0n) is 9.24. The predicted molar refractivity (Wildman–Crippen MR) is 56.3 cm³/mol. The molecule has 1 aromatic heterocycles. The summed E-state index contributed by atoms with van der Waals surface area (Å²) in [6.07, 6.45) is 3.86. The van der Waals surface area contributed by atoms with Crippen molar-refractivity contribution in [3.8, 4) is 0 Å². The maximum atomic E-state index is 11.0. The van der Waals surface area contributed by atoms with Gasteiger partial charge >= 0.3 is 5.97 Å². The lowest BCUT2D eigenvalue weighted by molar-refractivity contribution is -0.142. The van der Waals surface area contributed by atoms with E-state index in [2.05, 4.69) is 5.16 Å². The van der Waals surface area contributed by atoms with Gasteiger partial charge in [0.1, 0.15) is 5.76 Å². The van der Waals surface area contributed by atoms with Gasteiger partial charge in [-0.15, -0.1) is 0 Å². The molecule has 0 saturated heterocycles. The van der Waals surface area contributed by atoms with Crippen LogP contribution in [0, 0.1) is 13.8 Å². The molecule has 1 heterocycles. The van der Waals surface area contributed by atoms with Gasteiger partial charge < -0.3 is 9.26 Å². The monoisotopic (exact) mass is 209 g/mol. The predicted octanol–water partition coefficient (Wildman–Crippen LogP) is 2.26. The fraction of sp³-hybridized carbons (Fsp3) is 0.455. The summed E-state index contributed by atoms with van der Waals surface area (Å²) in [5, 5.41) is 3.81. The minimum absolute atomic E-state index is 0.222. The smallest absolute Gasteiger partial charge is 0.309 e. The van der Waals surface area contributed by atoms with E-state index in [0.29, 0.717) is 6.61 Å². The third kappa shape index (κ3) is 3.23. The molecule has 0 N–H and O–H groups in total. The molecule has 0 unspecified atom stereocenters. The first-order chi connectivity index (χ1) is 7.15. The second-order valence-electron chi connectivity index (χ2n) is 3.15. The highest BCUT2D eigenvalue weighted by Crippen LogP contribution is 2.14. The first kappa shape index (κ1) is 11.5. The molecule has 0 spiro atoms. The summed E-state index contributed by atoms with van der Waals surface area (Å²) in [6.45, 7) is 5.90. The summed E-state index contributed by atoms with van der Waals surface area (Å²) < 4.78 is 9.78. The lowest BCUT2D eigenvalue weighted by Gasteiger charge is -1.96. The molecule has 0 aromatic carbocycles. The van der Waals surface area contributed by atoms with Gasteiger partial charge in [-0.1, -0.05) is 17.3 Å². The minimum atomic E-state index is -0.222. The first-order valence-electron chi connectivity index (χ1n) is 4.90. The molecule has 0 aliphatic carbocycles. The van der Waals surface area contributed by atoms with Crippen LogP contribution in [-0.2, 0) is 9.53 Å². The second kappa shape index (κ2) is 5.34. The van der Waals surface area contributed by atoms with Gasteiger partial charge in [0.25, 0.3) is 0 Å². The highest BCUT2D eigenvalue weighted by Gasteiger charge is 2.05. The molecule has 0 saturated carbocycles. The van der Waals surface area contributed by atoms with Gasteiger partial charge in [-0.2, -0.15) is 0 Å². The highest BCUT2D eigenvalue weighted by molar-refractivity contribution is 5.72. The van der Waals surface area contributed by atoms with Crippen LogP contribution in [0.5, 0.6) is 0 Å². The van der Waals surface area contributed by atoms with Crippen molar-refractivity contribution in [3.05, 3.63) is 23.1 Å². The number of hydrogen-bond acceptors (Lipinski definition) is 4. The Labute approximate surface area is 88.9 Å². The average Bonchev–Trinajstić information content (AvgIpc) is 2.49. The number of carbonyl (C=O) groups is 1. The first-order valence-corrected chi connectivity index (χ1v) is 4.90. The maximum Gasteiger partial charge on any atom is 0.309 e. The van der Waals surface area contributed by atoms with Gasteiger partial charge in [0.2, 0.25) is 0 Å². The van der Waals surface area contributed by atoms with E-state index < -0.39 is 0 Å². The third-order valence-electron chi connectivity index (χ3n) is 1.96. The van der Waals surface area contributed by atoms with Crippen molar-refractivity contribution in [1.29, 1.82) is 0 Å². The molecule has 0 aliphatic heterocycles. The molecule has 1 rings (SSSR count). The second-order valence-corrected chi connectivity index (χ2v) is 3.15. The SMILES string of the molecule is CCOC(=O)CC=Cc1c(C)noc1C. The molecule has 0 atom stereocenters. The molecule has 0 amide bonds. The lowest BCUT2D eigenvalue weighted by atomic mass is 10.2. The van der Waals surface area contributed by atoms with E-state index >= 15 is 0 Å². The Morgan fingerprint density at radius 1 is 1.53 bits per heavy atom. The number of ether oxygens (including phenoxy) is 1. The number of esters is 1. The van der Waals surface area contributed by atoms with Crippen LogP contribution in [-0.4, -0.2) is 17.7 Å². The average molecular weight is 209 g/mol. The fourth-order valence-corrected chi connectivity index (χ4v) is 1.22. The number of carbonyl (C=O) groups excluding carboxylic acids is 1. The Balaban J connectivity index is 2.55. The van der Waals surface area contributed by atoms with E-state index in [1.165, 1.54) is 0 Å². The Kier molecular flexibility index (Phi) is 4.09. The van der Waals surface area contributed by atoms with E-state index in [4.69, 9.17) is 9.26 Å². The van der Waals surface area contributed by atoms with Gasteiger partial charge in [-0.05, 0) is 20.8 Å². The quantitative estimate of drug-likeness (QED) is 0.714. The summed E-state index contributed by atoms with van der Waals surface area (Å²) in [6, 6.07) is 0. The topological polar surface area (TPSA) is 52.3 Å². The summed E-state index contributed by atoms with van der Waals surface area (Å²) in [5.74, 6) is 0.535. The van der Waals surface area contributed by atoms with E-state index in [-0.39, 0.29) is 12.4 Å². The summed E-state index contributed by atoms with van der Waals surface area (Å²) in [7, 11) is 0. The van der Waals surface area contributed by atoms with Gasteiger partial charge in [0.15, 0.2) is 0 Å². The molecule has 4 nitrogen and oxygen atoms in total. The standard InChI is InChI=1S/C11H15NO3/c1-4-14-11(13)7-5-6-10-8(2)12-15-9(10)3/h5-6H,4,7H2,1-3H3. The normalized spacial score (nSPS) is 10.9. The van der Waals surface area contributed by atoms with Crippen molar-refractivity contribution in [3.63, 3.8) is 0 Å². The van der Waals surface area contributed by atoms with E-state index in [9.17, 15) is 4.79 Å². The van der Waals surface area contributed by atoms with Gasteiger partial charge in [0.05, 0.1) is 18.7 Å².